The van der Waals surface area contributed by atoms with E-state index in [-0.39, 0.29) is 24.0 Å². The number of likely N-dealkylation sites (N-methyl/N-ethyl adjacent to an activating group) is 1. The highest BCUT2D eigenvalue weighted by Gasteiger charge is 2.43. The maximum Gasteiger partial charge on any atom is 0.191 e. The van der Waals surface area contributed by atoms with Gasteiger partial charge in [-0.3, -0.25) is 4.99 Å². The van der Waals surface area contributed by atoms with Gasteiger partial charge in [-0.15, -0.1) is 35.7 Å². The number of hydrogen-bond acceptors (Lipinski definition) is 3. The summed E-state index contributed by atoms with van der Waals surface area (Å²) in [5.41, 5.74) is 0. The summed E-state index contributed by atoms with van der Waals surface area (Å²) >= 11 is 1.99. The van der Waals surface area contributed by atoms with Crippen molar-refractivity contribution in [2.75, 3.05) is 33.7 Å². The molecule has 0 amide bonds. The summed E-state index contributed by atoms with van der Waals surface area (Å²) in [5.74, 6) is 0.905. The summed E-state index contributed by atoms with van der Waals surface area (Å²) < 4.78 is 0.341. The number of nitrogens with zero attached hydrogens (tertiary/aromatic N) is 2. The van der Waals surface area contributed by atoms with Crippen molar-refractivity contribution in [1.82, 2.24) is 15.5 Å². The zero-order valence-corrected chi connectivity index (χ0v) is 18.4. The Balaban J connectivity index is 0.00000288. The highest BCUT2D eigenvalue weighted by Crippen LogP contribution is 2.51. The molecule has 136 valence electrons. The smallest absolute Gasteiger partial charge is 0.191 e. The average molecular weight is 462 g/mol. The van der Waals surface area contributed by atoms with Crippen LogP contribution < -0.4 is 10.6 Å². The maximum atomic E-state index is 4.33. The van der Waals surface area contributed by atoms with Gasteiger partial charge < -0.3 is 15.5 Å². The molecule has 0 spiro atoms. The minimum atomic E-state index is 0. The maximum absolute atomic E-state index is 4.33. The van der Waals surface area contributed by atoms with Gasteiger partial charge in [-0.1, -0.05) is 18.2 Å². The molecule has 2 N–H and O–H groups in total. The summed E-state index contributed by atoms with van der Waals surface area (Å²) in [6.45, 7) is 7.32. The molecule has 0 bridgehead atoms. The van der Waals surface area contributed by atoms with E-state index in [2.05, 4.69) is 71.8 Å². The Labute approximate surface area is 168 Å². The van der Waals surface area contributed by atoms with Crippen LogP contribution >= 0.6 is 35.7 Å². The standard InChI is InChI=1S/C18H30N4S.HI/c1-15(2)22(4)13-12-20-17(19-3)21-14-18(10-11-18)23-16-8-6-5-7-9-16;/h5-9,15H,10-14H2,1-4H3,(H2,19,20,21);1H. The van der Waals surface area contributed by atoms with Crippen molar-refractivity contribution in [3.05, 3.63) is 30.3 Å². The van der Waals surface area contributed by atoms with Crippen LogP contribution in [0.5, 0.6) is 0 Å². The Morgan fingerprint density at radius 2 is 1.92 bits per heavy atom. The molecule has 0 atom stereocenters. The first-order valence-corrected chi connectivity index (χ1v) is 9.25. The van der Waals surface area contributed by atoms with E-state index in [1.165, 1.54) is 17.7 Å². The number of hydrogen-bond donors (Lipinski definition) is 2. The van der Waals surface area contributed by atoms with Gasteiger partial charge in [0.2, 0.25) is 0 Å². The second kappa shape index (κ2) is 10.5. The SMILES string of the molecule is CN=C(NCCN(C)C(C)C)NCC1(Sc2ccccc2)CC1.I. The highest BCUT2D eigenvalue weighted by molar-refractivity contribution is 14.0. The normalized spacial score (nSPS) is 16.0. The number of nitrogens with one attached hydrogen (secondary N) is 2. The van der Waals surface area contributed by atoms with Gasteiger partial charge in [0.05, 0.1) is 0 Å². The second-order valence-electron chi connectivity index (χ2n) is 6.53. The molecule has 0 heterocycles. The fourth-order valence-corrected chi connectivity index (χ4v) is 3.51. The number of thioether (sulfide) groups is 1. The van der Waals surface area contributed by atoms with Crippen molar-refractivity contribution >= 4 is 41.7 Å². The van der Waals surface area contributed by atoms with Crippen molar-refractivity contribution in [2.45, 2.75) is 42.4 Å². The highest BCUT2D eigenvalue weighted by atomic mass is 127. The molecule has 4 nitrogen and oxygen atoms in total. The molecule has 0 aliphatic heterocycles. The first-order valence-electron chi connectivity index (χ1n) is 8.43. The Morgan fingerprint density at radius 1 is 1.25 bits per heavy atom. The molecule has 1 aliphatic carbocycles. The Morgan fingerprint density at radius 3 is 2.46 bits per heavy atom. The zero-order valence-electron chi connectivity index (χ0n) is 15.2. The third-order valence-electron chi connectivity index (χ3n) is 4.33. The van der Waals surface area contributed by atoms with E-state index in [0.717, 1.165) is 25.6 Å². The zero-order chi connectivity index (χ0) is 16.7. The molecular weight excluding hydrogens is 431 g/mol. The predicted octanol–water partition coefficient (Wildman–Crippen LogP) is 3.43. The molecule has 0 unspecified atom stereocenters. The van der Waals surface area contributed by atoms with Crippen LogP contribution in [0.2, 0.25) is 0 Å². The van der Waals surface area contributed by atoms with Gasteiger partial charge in [-0.05, 0) is 45.9 Å². The molecular formula is C18H31IN4S. The molecule has 2 rings (SSSR count). The number of guanidine groups is 1. The number of benzene rings is 1. The number of halogens is 1. The minimum absolute atomic E-state index is 0. The van der Waals surface area contributed by atoms with E-state index in [1.54, 1.807) is 0 Å². The van der Waals surface area contributed by atoms with Crippen molar-refractivity contribution in [2.24, 2.45) is 4.99 Å². The van der Waals surface area contributed by atoms with Crippen molar-refractivity contribution in [3.63, 3.8) is 0 Å². The molecule has 1 aromatic carbocycles. The monoisotopic (exact) mass is 462 g/mol. The summed E-state index contributed by atoms with van der Waals surface area (Å²) in [6, 6.07) is 11.2. The van der Waals surface area contributed by atoms with Gasteiger partial charge in [0.25, 0.3) is 0 Å². The van der Waals surface area contributed by atoms with Crippen LogP contribution in [0.15, 0.2) is 40.2 Å². The molecule has 1 saturated carbocycles. The Kier molecular flexibility index (Phi) is 9.44. The lowest BCUT2D eigenvalue weighted by atomic mass is 10.3. The molecule has 24 heavy (non-hydrogen) atoms. The molecule has 6 heteroatoms. The number of rotatable bonds is 8. The topological polar surface area (TPSA) is 39.7 Å². The lowest BCUT2D eigenvalue weighted by Crippen LogP contribution is -2.44. The van der Waals surface area contributed by atoms with E-state index in [4.69, 9.17) is 0 Å². The summed E-state index contributed by atoms with van der Waals surface area (Å²) in [6.07, 6.45) is 2.54. The van der Waals surface area contributed by atoms with Crippen LogP contribution in [0.25, 0.3) is 0 Å². The molecule has 1 aromatic rings. The van der Waals surface area contributed by atoms with E-state index in [1.807, 2.05) is 18.8 Å². The number of aliphatic imine (C=N–C) groups is 1. The van der Waals surface area contributed by atoms with Crippen LogP contribution in [-0.4, -0.2) is 55.4 Å². The van der Waals surface area contributed by atoms with Crippen molar-refractivity contribution in [3.8, 4) is 0 Å². The van der Waals surface area contributed by atoms with Crippen LogP contribution in [0.4, 0.5) is 0 Å². The van der Waals surface area contributed by atoms with Gasteiger partial charge >= 0.3 is 0 Å². The summed E-state index contributed by atoms with van der Waals surface area (Å²) in [4.78, 5) is 8.02. The Hall–Kier alpha value is -0.470. The van der Waals surface area contributed by atoms with Gasteiger partial charge in [0.15, 0.2) is 5.96 Å². The van der Waals surface area contributed by atoms with E-state index in [9.17, 15) is 0 Å². The second-order valence-corrected chi connectivity index (χ2v) is 8.07. The van der Waals surface area contributed by atoms with E-state index in [0.29, 0.717) is 10.8 Å². The van der Waals surface area contributed by atoms with Crippen molar-refractivity contribution in [1.29, 1.82) is 0 Å². The summed E-state index contributed by atoms with van der Waals surface area (Å²) in [5, 5.41) is 6.90. The van der Waals surface area contributed by atoms with Gasteiger partial charge in [0, 0.05) is 42.4 Å². The molecule has 0 aromatic heterocycles. The quantitative estimate of drug-likeness (QED) is 0.353. The minimum Gasteiger partial charge on any atom is -0.355 e. The van der Waals surface area contributed by atoms with Crippen LogP contribution in [0.1, 0.15) is 26.7 Å². The third kappa shape index (κ3) is 7.19. The molecule has 0 radical (unpaired) electrons. The predicted molar refractivity (Wildman–Crippen MR) is 117 cm³/mol. The van der Waals surface area contributed by atoms with Gasteiger partial charge in [-0.2, -0.15) is 0 Å². The molecule has 0 saturated heterocycles. The third-order valence-corrected chi connectivity index (χ3v) is 5.82. The molecule has 1 aliphatic rings. The molecule has 1 fully saturated rings. The van der Waals surface area contributed by atoms with Gasteiger partial charge in [0.1, 0.15) is 0 Å². The lowest BCUT2D eigenvalue weighted by Gasteiger charge is -2.22. The van der Waals surface area contributed by atoms with E-state index < -0.39 is 0 Å². The fourth-order valence-electron chi connectivity index (χ4n) is 2.27. The van der Waals surface area contributed by atoms with E-state index >= 15 is 0 Å². The first-order chi connectivity index (χ1) is 11.0. The van der Waals surface area contributed by atoms with Crippen molar-refractivity contribution < 1.29 is 0 Å². The lowest BCUT2D eigenvalue weighted by molar-refractivity contribution is 0.278. The average Bonchev–Trinajstić information content (AvgIpc) is 3.31. The largest absolute Gasteiger partial charge is 0.355 e. The first kappa shape index (κ1) is 21.6. The van der Waals surface area contributed by atoms with Crippen LogP contribution in [-0.2, 0) is 0 Å². The Bertz CT molecular complexity index is 503. The van der Waals surface area contributed by atoms with Crippen LogP contribution in [0, 0.1) is 0 Å². The van der Waals surface area contributed by atoms with Crippen LogP contribution in [0.3, 0.4) is 0 Å². The summed E-state index contributed by atoms with van der Waals surface area (Å²) in [7, 11) is 3.99. The van der Waals surface area contributed by atoms with Gasteiger partial charge in [-0.25, -0.2) is 0 Å². The fraction of sp³-hybridized carbons (Fsp3) is 0.611.